The quantitative estimate of drug-likeness (QED) is 0.380. The van der Waals surface area contributed by atoms with E-state index < -0.39 is 0 Å². The summed E-state index contributed by atoms with van der Waals surface area (Å²) < 4.78 is 2.12. The summed E-state index contributed by atoms with van der Waals surface area (Å²) in [4.78, 5) is 4.43. The predicted molar refractivity (Wildman–Crippen MR) is 90.1 cm³/mol. The molecule has 0 amide bonds. The zero-order valence-corrected chi connectivity index (χ0v) is 14.0. The Labute approximate surface area is 132 Å². The highest BCUT2D eigenvalue weighted by atomic mass is 127. The lowest BCUT2D eigenvalue weighted by Crippen LogP contribution is -2.39. The molecule has 3 N–H and O–H groups in total. The highest BCUT2D eigenvalue weighted by molar-refractivity contribution is 14.0. The van der Waals surface area contributed by atoms with E-state index in [-0.39, 0.29) is 36.5 Å². The molecular formula is C13H25IN4O. The van der Waals surface area contributed by atoms with Gasteiger partial charge in [-0.15, -0.1) is 24.0 Å². The molecule has 0 aliphatic rings. The van der Waals surface area contributed by atoms with Crippen molar-refractivity contribution in [2.24, 2.45) is 10.9 Å². The maximum Gasteiger partial charge on any atom is 0.191 e. The second-order valence-electron chi connectivity index (χ2n) is 4.36. The van der Waals surface area contributed by atoms with E-state index in [1.165, 1.54) is 0 Å². The largest absolute Gasteiger partial charge is 0.396 e. The number of halogens is 1. The van der Waals surface area contributed by atoms with Crippen molar-refractivity contribution in [3.63, 3.8) is 0 Å². The molecule has 110 valence electrons. The summed E-state index contributed by atoms with van der Waals surface area (Å²) in [6.07, 6.45) is 4.08. The second-order valence-corrected chi connectivity index (χ2v) is 4.36. The third kappa shape index (κ3) is 8.10. The highest BCUT2D eigenvalue weighted by Gasteiger charge is 2.00. The average molecular weight is 380 g/mol. The third-order valence-corrected chi connectivity index (χ3v) is 2.55. The van der Waals surface area contributed by atoms with Crippen LogP contribution in [0, 0.1) is 5.92 Å². The first kappa shape index (κ1) is 18.2. The van der Waals surface area contributed by atoms with E-state index in [9.17, 15) is 0 Å². The van der Waals surface area contributed by atoms with Crippen LogP contribution in [-0.2, 0) is 6.54 Å². The minimum absolute atomic E-state index is 0. The van der Waals surface area contributed by atoms with Gasteiger partial charge in [-0.05, 0) is 25.0 Å². The van der Waals surface area contributed by atoms with Crippen LogP contribution in [0.5, 0.6) is 0 Å². The van der Waals surface area contributed by atoms with E-state index in [0.29, 0.717) is 6.54 Å². The molecule has 0 bridgehead atoms. The summed E-state index contributed by atoms with van der Waals surface area (Å²) in [6.45, 7) is 7.40. The number of aliphatic hydroxyl groups excluding tert-OH is 1. The van der Waals surface area contributed by atoms with Crippen molar-refractivity contribution in [1.82, 2.24) is 15.2 Å². The molecule has 6 heteroatoms. The summed E-state index contributed by atoms with van der Waals surface area (Å²) in [5.41, 5.74) is 0. The van der Waals surface area contributed by atoms with Gasteiger partial charge in [-0.3, -0.25) is 4.99 Å². The number of rotatable bonds is 7. The van der Waals surface area contributed by atoms with Gasteiger partial charge in [0, 0.05) is 45.2 Å². The average Bonchev–Trinajstić information content (AvgIpc) is 2.88. The molecule has 0 saturated carbocycles. The number of nitrogens with zero attached hydrogens (tertiary/aromatic N) is 2. The molecule has 1 unspecified atom stereocenters. The first-order chi connectivity index (χ1) is 8.76. The van der Waals surface area contributed by atoms with Crippen molar-refractivity contribution in [1.29, 1.82) is 0 Å². The van der Waals surface area contributed by atoms with Crippen molar-refractivity contribution in [2.45, 2.75) is 20.4 Å². The molecule has 0 aliphatic carbocycles. The van der Waals surface area contributed by atoms with Crippen molar-refractivity contribution in [3.05, 3.63) is 24.5 Å². The molecule has 0 fully saturated rings. The van der Waals surface area contributed by atoms with Gasteiger partial charge in [-0.2, -0.15) is 0 Å². The fourth-order valence-corrected chi connectivity index (χ4v) is 1.47. The minimum atomic E-state index is 0. The Morgan fingerprint density at radius 1 is 1.32 bits per heavy atom. The summed E-state index contributed by atoms with van der Waals surface area (Å²) in [7, 11) is 0. The van der Waals surface area contributed by atoms with Gasteiger partial charge in [0.1, 0.15) is 0 Å². The standard InChI is InChI=1S/C13H24N4O.HI/c1-3-14-13(16-10-12(2)11-18)15-6-9-17-7-4-5-8-17;/h4-5,7-8,12,18H,3,6,9-11H2,1-2H3,(H2,14,15,16);1H. The van der Waals surface area contributed by atoms with Gasteiger partial charge >= 0.3 is 0 Å². The molecule has 5 nitrogen and oxygen atoms in total. The van der Waals surface area contributed by atoms with Crippen LogP contribution < -0.4 is 10.6 Å². The molecule has 19 heavy (non-hydrogen) atoms. The van der Waals surface area contributed by atoms with Gasteiger partial charge in [-0.25, -0.2) is 0 Å². The fourth-order valence-electron chi connectivity index (χ4n) is 1.47. The van der Waals surface area contributed by atoms with E-state index in [1.807, 2.05) is 38.4 Å². The number of nitrogens with one attached hydrogen (secondary N) is 2. The molecule has 1 aromatic rings. The predicted octanol–water partition coefficient (Wildman–Crippen LogP) is 1.29. The van der Waals surface area contributed by atoms with Crippen molar-refractivity contribution in [3.8, 4) is 0 Å². The molecule has 0 radical (unpaired) electrons. The van der Waals surface area contributed by atoms with Gasteiger partial charge in [0.05, 0.1) is 0 Å². The van der Waals surface area contributed by atoms with Crippen molar-refractivity contribution >= 4 is 29.9 Å². The number of hydrogen-bond donors (Lipinski definition) is 3. The Morgan fingerprint density at radius 2 is 2.00 bits per heavy atom. The van der Waals surface area contributed by atoms with Crippen LogP contribution >= 0.6 is 24.0 Å². The van der Waals surface area contributed by atoms with Crippen LogP contribution in [0.25, 0.3) is 0 Å². The van der Waals surface area contributed by atoms with E-state index in [2.05, 4.69) is 20.2 Å². The summed E-state index contributed by atoms with van der Waals surface area (Å²) in [6, 6.07) is 4.03. The van der Waals surface area contributed by atoms with Gasteiger partial charge in [0.15, 0.2) is 5.96 Å². The second kappa shape index (κ2) is 11.1. The van der Waals surface area contributed by atoms with E-state index >= 15 is 0 Å². The number of aliphatic hydroxyl groups is 1. The summed E-state index contributed by atoms with van der Waals surface area (Å²) in [5.74, 6) is 1.01. The highest BCUT2D eigenvalue weighted by Crippen LogP contribution is 1.92. The first-order valence-corrected chi connectivity index (χ1v) is 6.50. The minimum Gasteiger partial charge on any atom is -0.396 e. The molecule has 1 aromatic heterocycles. The van der Waals surface area contributed by atoms with Gasteiger partial charge in [0.2, 0.25) is 0 Å². The zero-order chi connectivity index (χ0) is 13.2. The molecule has 0 aliphatic heterocycles. The van der Waals surface area contributed by atoms with Gasteiger partial charge < -0.3 is 20.3 Å². The van der Waals surface area contributed by atoms with Gasteiger partial charge in [0.25, 0.3) is 0 Å². The number of aliphatic imine (C=N–C) groups is 1. The molecule has 1 heterocycles. The van der Waals surface area contributed by atoms with Crippen LogP contribution in [0.15, 0.2) is 29.5 Å². The summed E-state index contributed by atoms with van der Waals surface area (Å²) in [5, 5.41) is 15.4. The molecule has 0 saturated heterocycles. The fraction of sp³-hybridized carbons (Fsp3) is 0.615. The van der Waals surface area contributed by atoms with Crippen molar-refractivity contribution < 1.29 is 5.11 Å². The first-order valence-electron chi connectivity index (χ1n) is 6.50. The Kier molecular flexibility index (Phi) is 10.7. The molecule has 1 rings (SSSR count). The monoisotopic (exact) mass is 380 g/mol. The zero-order valence-electron chi connectivity index (χ0n) is 11.7. The lowest BCUT2D eigenvalue weighted by molar-refractivity contribution is 0.241. The van der Waals surface area contributed by atoms with Crippen LogP contribution in [0.3, 0.4) is 0 Å². The van der Waals surface area contributed by atoms with Crippen LogP contribution in [-0.4, -0.2) is 41.9 Å². The Bertz CT molecular complexity index is 340. The SMILES string of the molecule is CCNC(=NCC(C)CO)NCCn1cccc1.I. The molecule has 0 aromatic carbocycles. The third-order valence-electron chi connectivity index (χ3n) is 2.55. The lowest BCUT2D eigenvalue weighted by atomic mass is 10.2. The topological polar surface area (TPSA) is 61.6 Å². The van der Waals surface area contributed by atoms with Crippen LogP contribution in [0.2, 0.25) is 0 Å². The Hall–Kier alpha value is -0.760. The summed E-state index contributed by atoms with van der Waals surface area (Å²) >= 11 is 0. The van der Waals surface area contributed by atoms with E-state index in [1.54, 1.807) is 0 Å². The number of aromatic nitrogens is 1. The Balaban J connectivity index is 0.00000324. The van der Waals surface area contributed by atoms with E-state index in [4.69, 9.17) is 5.11 Å². The smallest absolute Gasteiger partial charge is 0.191 e. The normalized spacial score (nSPS) is 12.7. The van der Waals surface area contributed by atoms with Crippen molar-refractivity contribution in [2.75, 3.05) is 26.2 Å². The van der Waals surface area contributed by atoms with Crippen LogP contribution in [0.4, 0.5) is 0 Å². The maximum atomic E-state index is 8.97. The van der Waals surface area contributed by atoms with Crippen LogP contribution in [0.1, 0.15) is 13.8 Å². The Morgan fingerprint density at radius 3 is 2.58 bits per heavy atom. The number of guanidine groups is 1. The molecule has 1 atom stereocenters. The van der Waals surface area contributed by atoms with Gasteiger partial charge in [-0.1, -0.05) is 6.92 Å². The lowest BCUT2D eigenvalue weighted by Gasteiger charge is -2.12. The molecule has 0 spiro atoms. The van der Waals surface area contributed by atoms with E-state index in [0.717, 1.165) is 25.6 Å². The maximum absolute atomic E-state index is 8.97. The molecular weight excluding hydrogens is 355 g/mol. The number of hydrogen-bond acceptors (Lipinski definition) is 2.